The lowest BCUT2D eigenvalue weighted by molar-refractivity contribution is -0.0881. The molecule has 3 saturated carbocycles. The molecule has 3 aliphatic carbocycles. The van der Waals surface area contributed by atoms with Gasteiger partial charge < -0.3 is 73.6 Å². The maximum Gasteiger partial charge on any atom is 0.162 e. The summed E-state index contributed by atoms with van der Waals surface area (Å²) in [6.45, 7) is 54.3. The molecule has 10 aliphatic rings. The van der Waals surface area contributed by atoms with Gasteiger partial charge in [0.25, 0.3) is 0 Å². The highest BCUT2D eigenvalue weighted by Crippen LogP contribution is 2.58. The number of aromatic hydroxyl groups is 7. The largest absolute Gasteiger partial charge is 0.508 e. The molecule has 16 nitrogen and oxygen atoms in total. The standard InChI is InChI=1S/C22H32O2.C21H26O4.C21H34O2.C15H21NO3.C15H20O2.C13H18O2/c1-21(2)11-6-7-12-22(21)13-10-17-14-19(23)18(15-20(17)24-22)16-8-4-3-5-9-16;1-12-7-18(24-6)15(10-17(12)23)21(5)11-20(3,4)14-9-16(22)13(2)8-19(14)25-21;1-13(2)10-9-11-21(8)12-20(6,7)17-16(5)18(22)14(3)15(4)19(17)23-21;1-10-8-13-11(9-12(10)17)15(2,3)14(19-13)16-4-6-18-7-5-16;1-10-8-14-12(9-13(10)16)5-7-15(17-14)6-3-4-11(15)2;1-8-5-12-10(6-11(8)14)9(2)7-13(3,4)15-12/h14-16,23H,3-13H2,1-2H3;7-10,22-23H,11H2,1-6H3;13,22H,9-12H2,1-8H3;8-9,14,17H,4-7H2,1-3H3;8-9,11,16H,3-7H2,1-2H3;5-6,9,14H,7H2,1-4H3. The quantitative estimate of drug-likeness (QED) is 0.0752. The second-order valence-electron chi connectivity index (χ2n) is 42.6. The van der Waals surface area contributed by atoms with E-state index in [4.69, 9.17) is 37.9 Å². The van der Waals surface area contributed by atoms with Gasteiger partial charge in [0.05, 0.1) is 20.3 Å². The molecule has 2 spiro atoms. The zero-order valence-electron chi connectivity index (χ0n) is 79.5. The Morgan fingerprint density at radius 1 is 0.480 bits per heavy atom. The number of phenols is 7. The number of morpholine rings is 1. The van der Waals surface area contributed by atoms with Crippen molar-refractivity contribution in [2.24, 2.45) is 17.3 Å². The second kappa shape index (κ2) is 36.2. The molecule has 7 heterocycles. The fraction of sp³-hybridized carbons (Fsp3) is 0.607. The Morgan fingerprint density at radius 2 is 1.04 bits per heavy atom. The highest BCUT2D eigenvalue weighted by molar-refractivity contribution is 5.62. The van der Waals surface area contributed by atoms with Crippen LogP contribution in [0.4, 0.5) is 0 Å². The van der Waals surface area contributed by atoms with Crippen molar-refractivity contribution in [3.05, 3.63) is 162 Å². The molecular formula is C107H151NO15. The number of nitrogens with zero attached hydrogens (tertiary/aromatic N) is 1. The van der Waals surface area contributed by atoms with Crippen molar-refractivity contribution in [1.82, 2.24) is 4.90 Å². The van der Waals surface area contributed by atoms with Crippen LogP contribution in [0.2, 0.25) is 0 Å². The number of hydrogen-bond acceptors (Lipinski definition) is 16. The average molecular weight is 1690 g/mol. The van der Waals surface area contributed by atoms with Gasteiger partial charge in [-0.05, 0) is 349 Å². The minimum atomic E-state index is -0.656. The predicted octanol–water partition coefficient (Wildman–Crippen LogP) is 25.7. The molecular weight excluding hydrogens is 1540 g/mol. The summed E-state index contributed by atoms with van der Waals surface area (Å²) in [7, 11) is 1.63. The van der Waals surface area contributed by atoms with Crippen LogP contribution in [0.3, 0.4) is 0 Å². The van der Waals surface area contributed by atoms with E-state index in [0.717, 1.165) is 190 Å². The molecule has 0 amide bonds. The molecule has 7 atom stereocenters. The van der Waals surface area contributed by atoms with Crippen LogP contribution in [0, 0.1) is 72.6 Å². The summed E-state index contributed by atoms with van der Waals surface area (Å²) in [4.78, 5) is 2.33. The first-order valence-electron chi connectivity index (χ1n) is 46.4. The number of fused-ring (bicyclic) bond motifs is 6. The smallest absolute Gasteiger partial charge is 0.162 e. The van der Waals surface area contributed by atoms with Gasteiger partial charge in [0, 0.05) is 63.7 Å². The van der Waals surface area contributed by atoms with E-state index in [1.165, 1.54) is 101 Å². The lowest BCUT2D eigenvalue weighted by Gasteiger charge is -2.52. The van der Waals surface area contributed by atoms with Crippen molar-refractivity contribution < 1.29 is 73.6 Å². The van der Waals surface area contributed by atoms with Gasteiger partial charge in [-0.2, -0.15) is 0 Å². The Hall–Kier alpha value is -8.34. The molecule has 1 saturated heterocycles. The van der Waals surface area contributed by atoms with Crippen LogP contribution >= 0.6 is 0 Å². The van der Waals surface area contributed by atoms with E-state index in [-0.39, 0.29) is 61.8 Å². The third-order valence-corrected chi connectivity index (χ3v) is 29.9. The highest BCUT2D eigenvalue weighted by Gasteiger charge is 2.53. The molecule has 0 bridgehead atoms. The van der Waals surface area contributed by atoms with Crippen LogP contribution in [0.1, 0.15) is 340 Å². The number of hydrogen-bond donors (Lipinski definition) is 7. The van der Waals surface area contributed by atoms with E-state index >= 15 is 0 Å². The summed E-state index contributed by atoms with van der Waals surface area (Å²) < 4.78 is 49.1. The Morgan fingerprint density at radius 3 is 1.66 bits per heavy atom. The molecule has 16 heteroatoms. The van der Waals surface area contributed by atoms with Gasteiger partial charge in [-0.25, -0.2) is 0 Å². The van der Waals surface area contributed by atoms with Crippen LogP contribution in [0.15, 0.2) is 72.8 Å². The maximum absolute atomic E-state index is 10.6. The van der Waals surface area contributed by atoms with Gasteiger partial charge >= 0.3 is 0 Å². The SMILES string of the molecule is CC1(C)CCCCC12CCc1cc(O)c(C3CCCCC3)cc1O2.COc1cc(C)c(O)cc1C1(C)CC(C)(C)c2cc(O)c(C)cc2O1.Cc1c(C)c2c(c(C)c1O)C(C)(C)CC(C)(CCCC(C)C)O2.Cc1cc2c(cc1O)C(C)(C)C(N1CCOCC1)O2.Cc1cc2c(cc1O)C(C)CC(C)(C)O2.Cc1cc2c(cc1O)CCC1(CCCC1C)O2. The topological polar surface area (TPSA) is 219 Å². The first-order valence-corrected chi connectivity index (χ1v) is 46.4. The van der Waals surface area contributed by atoms with Crippen LogP contribution in [0.25, 0.3) is 0 Å². The van der Waals surface area contributed by atoms with Gasteiger partial charge in [-0.15, -0.1) is 0 Å². The molecule has 0 aromatic heterocycles. The molecule has 17 rings (SSSR count). The van der Waals surface area contributed by atoms with Gasteiger partial charge in [0.1, 0.15) is 108 Å². The Labute approximate surface area is 737 Å². The number of rotatable bonds is 8. The van der Waals surface area contributed by atoms with Crippen molar-refractivity contribution in [3.8, 4) is 80.5 Å². The minimum Gasteiger partial charge on any atom is -0.508 e. The van der Waals surface area contributed by atoms with Crippen LogP contribution in [-0.2, 0) is 39.4 Å². The third-order valence-electron chi connectivity index (χ3n) is 29.9. The van der Waals surface area contributed by atoms with Crippen molar-refractivity contribution in [2.75, 3.05) is 33.4 Å². The van der Waals surface area contributed by atoms with Crippen molar-refractivity contribution in [3.63, 3.8) is 0 Å². The molecule has 674 valence electrons. The predicted molar refractivity (Wildman–Crippen MR) is 494 cm³/mol. The number of aryl methyl sites for hydroxylation is 7. The molecule has 7 aromatic carbocycles. The summed E-state index contributed by atoms with van der Waals surface area (Å²) >= 11 is 0. The number of benzene rings is 7. The van der Waals surface area contributed by atoms with Gasteiger partial charge in [-0.3, -0.25) is 4.90 Å². The zero-order valence-corrected chi connectivity index (χ0v) is 79.5. The lowest BCUT2D eigenvalue weighted by atomic mass is 9.62. The van der Waals surface area contributed by atoms with Crippen LogP contribution in [0.5, 0.6) is 80.5 Å². The van der Waals surface area contributed by atoms with E-state index in [0.29, 0.717) is 58.7 Å². The van der Waals surface area contributed by atoms with Crippen molar-refractivity contribution >= 4 is 0 Å². The van der Waals surface area contributed by atoms with Crippen LogP contribution in [-0.4, -0.2) is 103 Å². The van der Waals surface area contributed by atoms with E-state index in [1.54, 1.807) is 19.2 Å². The number of phenolic OH excluding ortho intramolecular Hbond substituents is 7. The average Bonchev–Trinajstić information content (AvgIpc) is 1.69. The van der Waals surface area contributed by atoms with Crippen LogP contribution < -0.4 is 33.2 Å². The maximum atomic E-state index is 10.6. The van der Waals surface area contributed by atoms with E-state index in [2.05, 4.69) is 122 Å². The normalized spacial score (nSPS) is 25.6. The van der Waals surface area contributed by atoms with Crippen molar-refractivity contribution in [2.45, 2.75) is 370 Å². The minimum absolute atomic E-state index is 0.000935. The zero-order chi connectivity index (χ0) is 89.8. The Bertz CT molecular complexity index is 4960. The fourth-order valence-corrected chi connectivity index (χ4v) is 22.5. The van der Waals surface area contributed by atoms with E-state index in [9.17, 15) is 35.7 Å². The summed E-state index contributed by atoms with van der Waals surface area (Å²) in [5.41, 5.74) is 15.1. The lowest BCUT2D eigenvalue weighted by Crippen LogP contribution is -2.53. The molecule has 7 unspecified atom stereocenters. The summed E-state index contributed by atoms with van der Waals surface area (Å²) in [5.74, 6) is 11.3. The van der Waals surface area contributed by atoms with Gasteiger partial charge in [0.2, 0.25) is 0 Å². The Balaban J connectivity index is 0.000000136. The number of methoxy groups -OCH3 is 1. The van der Waals surface area contributed by atoms with Crippen molar-refractivity contribution in [1.29, 1.82) is 0 Å². The first kappa shape index (κ1) is 93.8. The fourth-order valence-electron chi connectivity index (χ4n) is 22.5. The summed E-state index contributed by atoms with van der Waals surface area (Å²) in [5, 5.41) is 70.7. The second-order valence-corrected chi connectivity index (χ2v) is 42.6. The highest BCUT2D eigenvalue weighted by atomic mass is 16.5. The van der Waals surface area contributed by atoms with Gasteiger partial charge in [-0.1, -0.05) is 115 Å². The Kier molecular flexibility index (Phi) is 27.6. The van der Waals surface area contributed by atoms with E-state index < -0.39 is 5.60 Å². The molecule has 123 heavy (non-hydrogen) atoms. The number of ether oxygens (including phenoxy) is 8. The molecule has 7 aromatic rings. The molecule has 0 radical (unpaired) electrons. The third kappa shape index (κ3) is 19.8. The monoisotopic (exact) mass is 1690 g/mol. The van der Waals surface area contributed by atoms with E-state index in [1.807, 2.05) is 110 Å². The first-order chi connectivity index (χ1) is 57.6. The molecule has 7 aliphatic heterocycles. The molecule has 7 N–H and O–H groups in total. The molecule has 4 fully saturated rings. The van der Waals surface area contributed by atoms with Gasteiger partial charge in [0.15, 0.2) is 6.23 Å². The summed E-state index contributed by atoms with van der Waals surface area (Å²) in [6.07, 6.45) is 25.7. The summed E-state index contributed by atoms with van der Waals surface area (Å²) in [6, 6.07) is 22.9.